The lowest BCUT2D eigenvalue weighted by Crippen LogP contribution is -2.21. The average molecular weight is 469 g/mol. The number of rotatable bonds is 8. The second-order valence-electron chi connectivity index (χ2n) is 7.62. The third-order valence-electron chi connectivity index (χ3n) is 5.25. The minimum atomic E-state index is -4.67. The Morgan fingerprint density at radius 3 is 2.82 bits per heavy atom. The third-order valence-corrected chi connectivity index (χ3v) is 5.25. The number of aromatic nitrogens is 4. The highest BCUT2D eigenvalue weighted by Crippen LogP contribution is 2.37. The van der Waals surface area contributed by atoms with Crippen molar-refractivity contribution >= 4 is 11.7 Å². The topological polar surface area (TPSA) is 146 Å². The molecule has 1 aliphatic rings. The maximum Gasteiger partial charge on any atom is 0.421 e. The average Bonchev–Trinajstić information content (AvgIpc) is 3.45. The number of hydrogen-bond donors (Lipinski definition) is 4. The molecule has 0 saturated heterocycles. The van der Waals surface area contributed by atoms with Crippen molar-refractivity contribution in [3.05, 3.63) is 52.9 Å². The number of aryl methyl sites for hydroxylation is 1. The fourth-order valence-electron chi connectivity index (χ4n) is 3.73. The van der Waals surface area contributed by atoms with Crippen LogP contribution in [0.5, 0.6) is 0 Å². The van der Waals surface area contributed by atoms with E-state index in [0.717, 1.165) is 11.9 Å². The van der Waals surface area contributed by atoms with E-state index in [0.29, 0.717) is 42.5 Å². The standard InChI is InChI=1S/C20H26F3N7O3/c1-30-16(8-12(29-30)10-32-2)19(31)26-17-9-15(27-28-17)11-3-4-13(7-11)33-18(25)14(5-6-24)20(21,22)23/h5-6,8-9,11,13H,3-4,7,10,24-25H2,1-2H3,(H2,26,27,28,31)/b6-5-,18-14-. The molecule has 33 heavy (non-hydrogen) atoms. The Morgan fingerprint density at radius 2 is 2.15 bits per heavy atom. The van der Waals surface area contributed by atoms with Crippen LogP contribution in [-0.2, 0) is 23.1 Å². The molecule has 2 unspecified atom stereocenters. The number of amides is 1. The van der Waals surface area contributed by atoms with Crippen LogP contribution in [0, 0.1) is 0 Å². The number of nitrogens with zero attached hydrogens (tertiary/aromatic N) is 3. The summed E-state index contributed by atoms with van der Waals surface area (Å²) in [5.41, 5.74) is 11.2. The number of halogens is 3. The van der Waals surface area contributed by atoms with Crippen molar-refractivity contribution in [1.82, 2.24) is 20.0 Å². The highest BCUT2D eigenvalue weighted by atomic mass is 19.4. The Labute approximate surface area is 187 Å². The molecular formula is C20H26F3N7O3. The van der Waals surface area contributed by atoms with Crippen LogP contribution in [-0.4, -0.2) is 45.3 Å². The van der Waals surface area contributed by atoms with Gasteiger partial charge in [0.2, 0.25) is 0 Å². The van der Waals surface area contributed by atoms with E-state index in [-0.39, 0.29) is 18.4 Å². The lowest BCUT2D eigenvalue weighted by molar-refractivity contribution is -0.0927. The van der Waals surface area contributed by atoms with Gasteiger partial charge in [-0.05, 0) is 37.6 Å². The molecule has 2 atom stereocenters. The minimum absolute atomic E-state index is 0.0367. The number of ether oxygens (including phenoxy) is 2. The Morgan fingerprint density at radius 1 is 1.39 bits per heavy atom. The molecule has 1 amide bonds. The first kappa shape index (κ1) is 24.2. The normalized spacial score (nSPS) is 19.7. The van der Waals surface area contributed by atoms with Crippen molar-refractivity contribution in [3.8, 4) is 0 Å². The number of nitrogens with two attached hydrogens (primary N) is 2. The number of aromatic amines is 1. The maximum atomic E-state index is 13.1. The van der Waals surface area contributed by atoms with Gasteiger partial charge in [-0.3, -0.25) is 14.6 Å². The van der Waals surface area contributed by atoms with Gasteiger partial charge in [-0.1, -0.05) is 0 Å². The molecule has 2 aromatic rings. The van der Waals surface area contributed by atoms with Crippen LogP contribution < -0.4 is 16.8 Å². The van der Waals surface area contributed by atoms with Gasteiger partial charge in [0.05, 0.1) is 12.3 Å². The summed E-state index contributed by atoms with van der Waals surface area (Å²) in [6.07, 6.45) is -2.12. The molecule has 1 saturated carbocycles. The number of carbonyl (C=O) groups is 1. The maximum absolute atomic E-state index is 13.1. The van der Waals surface area contributed by atoms with E-state index < -0.39 is 23.7 Å². The van der Waals surface area contributed by atoms with Gasteiger partial charge in [-0.25, -0.2) is 0 Å². The summed E-state index contributed by atoms with van der Waals surface area (Å²) >= 11 is 0. The summed E-state index contributed by atoms with van der Waals surface area (Å²) in [4.78, 5) is 12.5. The van der Waals surface area contributed by atoms with Crippen LogP contribution in [0.2, 0.25) is 0 Å². The summed E-state index contributed by atoms with van der Waals surface area (Å²) in [6, 6.07) is 3.31. The number of alkyl halides is 3. The molecule has 2 aromatic heterocycles. The van der Waals surface area contributed by atoms with Crippen molar-refractivity contribution < 1.29 is 27.4 Å². The lowest BCUT2D eigenvalue weighted by Gasteiger charge is -2.17. The lowest BCUT2D eigenvalue weighted by atomic mass is 10.0. The van der Waals surface area contributed by atoms with Crippen molar-refractivity contribution in [2.75, 3.05) is 12.4 Å². The van der Waals surface area contributed by atoms with Gasteiger partial charge in [-0.2, -0.15) is 23.4 Å². The molecular weight excluding hydrogens is 443 g/mol. The van der Waals surface area contributed by atoms with Crippen LogP contribution in [0.4, 0.5) is 19.0 Å². The monoisotopic (exact) mass is 469 g/mol. The van der Waals surface area contributed by atoms with Gasteiger partial charge in [0.1, 0.15) is 17.4 Å². The fourth-order valence-corrected chi connectivity index (χ4v) is 3.73. The number of nitrogens with one attached hydrogen (secondary N) is 2. The zero-order valence-electron chi connectivity index (χ0n) is 18.1. The second kappa shape index (κ2) is 9.98. The number of allylic oxidation sites excluding steroid dienone is 2. The van der Waals surface area contributed by atoms with Gasteiger partial charge in [0.15, 0.2) is 11.7 Å². The number of anilines is 1. The van der Waals surface area contributed by atoms with Gasteiger partial charge in [0, 0.05) is 31.8 Å². The van der Waals surface area contributed by atoms with Crippen molar-refractivity contribution in [2.24, 2.45) is 18.5 Å². The van der Waals surface area contributed by atoms with Gasteiger partial charge in [0.25, 0.3) is 5.91 Å². The molecule has 10 nitrogen and oxygen atoms in total. The molecule has 0 aliphatic heterocycles. The summed E-state index contributed by atoms with van der Waals surface area (Å²) in [5, 5.41) is 13.9. The predicted octanol–water partition coefficient (Wildman–Crippen LogP) is 2.40. The number of hydrogen-bond acceptors (Lipinski definition) is 7. The molecule has 1 aliphatic carbocycles. The Hall–Kier alpha value is -3.48. The molecule has 6 N–H and O–H groups in total. The van der Waals surface area contributed by atoms with Gasteiger partial charge in [-0.15, -0.1) is 0 Å². The molecule has 2 heterocycles. The van der Waals surface area contributed by atoms with E-state index >= 15 is 0 Å². The van der Waals surface area contributed by atoms with E-state index in [2.05, 4.69) is 20.6 Å². The largest absolute Gasteiger partial charge is 0.476 e. The SMILES string of the molecule is COCc1cc(C(=O)Nc2cc(C3CCC(O/C(N)=C(/C=C\N)C(F)(F)F)C3)[nH]n2)n(C)n1. The number of carbonyl (C=O) groups excluding carboxylic acids is 1. The summed E-state index contributed by atoms with van der Waals surface area (Å²) < 4.78 is 51.1. The fraction of sp³-hybridized carbons (Fsp3) is 0.450. The van der Waals surface area contributed by atoms with E-state index in [4.69, 9.17) is 20.9 Å². The number of H-pyrrole nitrogens is 1. The Balaban J connectivity index is 1.62. The molecule has 0 radical (unpaired) electrons. The zero-order valence-corrected chi connectivity index (χ0v) is 18.1. The Bertz CT molecular complexity index is 1040. The predicted molar refractivity (Wildman–Crippen MR) is 113 cm³/mol. The quantitative estimate of drug-likeness (QED) is 0.343. The van der Waals surface area contributed by atoms with Crippen molar-refractivity contribution in [3.63, 3.8) is 0 Å². The summed E-state index contributed by atoms with van der Waals surface area (Å²) in [7, 11) is 3.19. The summed E-state index contributed by atoms with van der Waals surface area (Å²) in [5.74, 6) is -0.814. The molecule has 1 fully saturated rings. The van der Waals surface area contributed by atoms with Crippen molar-refractivity contribution in [2.45, 2.75) is 44.1 Å². The second-order valence-corrected chi connectivity index (χ2v) is 7.62. The number of methoxy groups -OCH3 is 1. The molecule has 0 spiro atoms. The first-order valence-electron chi connectivity index (χ1n) is 10.1. The van der Waals surface area contributed by atoms with E-state index in [1.165, 1.54) is 11.8 Å². The summed E-state index contributed by atoms with van der Waals surface area (Å²) in [6.45, 7) is 0.283. The van der Waals surface area contributed by atoms with Gasteiger partial charge < -0.3 is 26.3 Å². The van der Waals surface area contributed by atoms with E-state index in [1.807, 2.05) is 0 Å². The smallest absolute Gasteiger partial charge is 0.421 e. The third kappa shape index (κ3) is 5.86. The first-order valence-corrected chi connectivity index (χ1v) is 10.1. The van der Waals surface area contributed by atoms with Crippen LogP contribution in [0.25, 0.3) is 0 Å². The van der Waals surface area contributed by atoms with E-state index in [9.17, 15) is 18.0 Å². The van der Waals surface area contributed by atoms with Crippen LogP contribution in [0.1, 0.15) is 47.1 Å². The van der Waals surface area contributed by atoms with E-state index in [1.54, 1.807) is 19.2 Å². The van der Waals surface area contributed by atoms with Crippen molar-refractivity contribution in [1.29, 1.82) is 0 Å². The molecule has 13 heteroatoms. The highest BCUT2D eigenvalue weighted by Gasteiger charge is 2.37. The molecule has 0 aromatic carbocycles. The molecule has 180 valence electrons. The van der Waals surface area contributed by atoms with Gasteiger partial charge >= 0.3 is 6.18 Å². The minimum Gasteiger partial charge on any atom is -0.476 e. The molecule has 3 rings (SSSR count). The first-order chi connectivity index (χ1) is 15.6. The molecule has 0 bridgehead atoms. The Kier molecular flexibility index (Phi) is 7.31. The highest BCUT2D eigenvalue weighted by molar-refractivity contribution is 6.02. The van der Waals surface area contributed by atoms with Crippen LogP contribution in [0.3, 0.4) is 0 Å². The zero-order chi connectivity index (χ0) is 24.2. The van der Waals surface area contributed by atoms with Crippen LogP contribution >= 0.6 is 0 Å². The van der Waals surface area contributed by atoms with Crippen LogP contribution in [0.15, 0.2) is 35.9 Å².